The summed E-state index contributed by atoms with van der Waals surface area (Å²) in [7, 11) is 0. The number of rotatable bonds is 3. The summed E-state index contributed by atoms with van der Waals surface area (Å²) in [5.74, 6) is 0. The second-order valence-electron chi connectivity index (χ2n) is 2.28. The Hall–Kier alpha value is -0.370. The molecular weight excluding hydrogens is 181 g/mol. The van der Waals surface area contributed by atoms with E-state index in [0.717, 1.165) is 0 Å². The number of hydrogen-bond acceptors (Lipinski definition) is 4. The minimum Gasteiger partial charge on any atom is -0.394 e. The highest BCUT2D eigenvalue weighted by atomic mass is 19.4. The predicted molar refractivity (Wildman–Crippen MR) is 31.2 cm³/mol. The van der Waals surface area contributed by atoms with E-state index >= 15 is 0 Å². The SMILES string of the molecule is OC[C@H](O)[C@@](O)(CO)C(F)(F)F. The molecule has 0 fully saturated rings. The van der Waals surface area contributed by atoms with Gasteiger partial charge >= 0.3 is 6.18 Å². The van der Waals surface area contributed by atoms with Gasteiger partial charge in [0.2, 0.25) is 5.60 Å². The highest BCUT2D eigenvalue weighted by molar-refractivity contribution is 4.92. The van der Waals surface area contributed by atoms with Gasteiger partial charge in [-0.1, -0.05) is 0 Å². The van der Waals surface area contributed by atoms with E-state index in [4.69, 9.17) is 20.4 Å². The Morgan fingerprint density at radius 2 is 1.58 bits per heavy atom. The number of alkyl halides is 3. The van der Waals surface area contributed by atoms with Gasteiger partial charge in [0.05, 0.1) is 13.2 Å². The maximum atomic E-state index is 11.9. The van der Waals surface area contributed by atoms with E-state index in [0.29, 0.717) is 0 Å². The molecule has 0 aromatic carbocycles. The zero-order valence-electron chi connectivity index (χ0n) is 5.91. The third kappa shape index (κ3) is 1.86. The standard InChI is InChI=1S/C5H9F3O4/c6-5(7,8)4(12,2-10)3(11)1-9/h3,9-12H,1-2H2/t3-,4-/m0/s1. The molecule has 0 aliphatic rings. The van der Waals surface area contributed by atoms with Crippen molar-refractivity contribution in [2.75, 3.05) is 13.2 Å². The molecule has 2 atom stereocenters. The summed E-state index contributed by atoms with van der Waals surface area (Å²) in [5.41, 5.74) is -3.65. The van der Waals surface area contributed by atoms with E-state index < -0.39 is 31.1 Å². The Labute approximate surface area is 65.9 Å². The summed E-state index contributed by atoms with van der Waals surface area (Å²) in [4.78, 5) is 0. The maximum absolute atomic E-state index is 11.9. The van der Waals surface area contributed by atoms with Crippen LogP contribution < -0.4 is 0 Å². The average Bonchev–Trinajstić information content (AvgIpc) is 1.99. The molecule has 0 rings (SSSR count). The minimum absolute atomic E-state index is 1.28. The number of halogens is 3. The lowest BCUT2D eigenvalue weighted by Gasteiger charge is -2.31. The summed E-state index contributed by atoms with van der Waals surface area (Å²) in [5, 5.41) is 33.5. The monoisotopic (exact) mass is 190 g/mol. The molecule has 0 saturated carbocycles. The Bertz CT molecular complexity index is 148. The first-order valence-corrected chi connectivity index (χ1v) is 2.98. The second-order valence-corrected chi connectivity index (χ2v) is 2.28. The van der Waals surface area contributed by atoms with Gasteiger partial charge in [0.25, 0.3) is 0 Å². The molecule has 0 saturated heterocycles. The Morgan fingerprint density at radius 1 is 1.17 bits per heavy atom. The van der Waals surface area contributed by atoms with Crippen molar-refractivity contribution in [2.24, 2.45) is 0 Å². The molecule has 0 spiro atoms. The molecule has 0 aliphatic carbocycles. The first-order valence-electron chi connectivity index (χ1n) is 2.98. The molecule has 0 aromatic rings. The fourth-order valence-electron chi connectivity index (χ4n) is 0.535. The zero-order chi connectivity index (χ0) is 9.99. The summed E-state index contributed by atoms with van der Waals surface area (Å²) in [6.45, 7) is -2.98. The number of aliphatic hydroxyl groups excluding tert-OH is 3. The lowest BCUT2D eigenvalue weighted by Crippen LogP contribution is -2.58. The molecule has 0 bridgehead atoms. The van der Waals surface area contributed by atoms with Crippen LogP contribution in [-0.4, -0.2) is 51.5 Å². The Kier molecular flexibility index (Phi) is 3.45. The number of aliphatic hydroxyl groups is 4. The predicted octanol–water partition coefficient (Wildman–Crippen LogP) is -1.37. The lowest BCUT2D eigenvalue weighted by molar-refractivity contribution is -0.303. The van der Waals surface area contributed by atoms with Gasteiger partial charge < -0.3 is 20.4 Å². The van der Waals surface area contributed by atoms with E-state index in [-0.39, 0.29) is 0 Å². The molecule has 7 heteroatoms. The molecule has 0 radical (unpaired) electrons. The van der Waals surface area contributed by atoms with Crippen molar-refractivity contribution in [3.8, 4) is 0 Å². The van der Waals surface area contributed by atoms with Gasteiger partial charge in [-0.25, -0.2) is 0 Å². The van der Waals surface area contributed by atoms with Gasteiger partial charge in [0, 0.05) is 0 Å². The largest absolute Gasteiger partial charge is 0.422 e. The molecule has 0 aromatic heterocycles. The zero-order valence-corrected chi connectivity index (χ0v) is 5.91. The summed E-state index contributed by atoms with van der Waals surface area (Å²) < 4.78 is 35.6. The van der Waals surface area contributed by atoms with Crippen molar-refractivity contribution in [3.63, 3.8) is 0 Å². The van der Waals surface area contributed by atoms with Crippen molar-refractivity contribution >= 4 is 0 Å². The van der Waals surface area contributed by atoms with Crippen LogP contribution in [0.3, 0.4) is 0 Å². The molecule has 4 N–H and O–H groups in total. The summed E-state index contributed by atoms with van der Waals surface area (Å²) >= 11 is 0. The van der Waals surface area contributed by atoms with Crippen molar-refractivity contribution in [2.45, 2.75) is 17.9 Å². The van der Waals surface area contributed by atoms with Crippen molar-refractivity contribution in [1.29, 1.82) is 0 Å². The topological polar surface area (TPSA) is 80.9 Å². The summed E-state index contributed by atoms with van der Waals surface area (Å²) in [6, 6.07) is 0. The molecule has 12 heavy (non-hydrogen) atoms. The molecule has 4 nitrogen and oxygen atoms in total. The van der Waals surface area contributed by atoms with Crippen molar-refractivity contribution < 1.29 is 33.6 Å². The minimum atomic E-state index is -5.18. The van der Waals surface area contributed by atoms with Gasteiger partial charge in [0.1, 0.15) is 6.10 Å². The van der Waals surface area contributed by atoms with Gasteiger partial charge in [-0.05, 0) is 0 Å². The third-order valence-electron chi connectivity index (χ3n) is 1.46. The normalized spacial score (nSPS) is 20.2. The average molecular weight is 190 g/mol. The van der Waals surface area contributed by atoms with E-state index in [1.807, 2.05) is 0 Å². The highest BCUT2D eigenvalue weighted by Crippen LogP contribution is 2.32. The highest BCUT2D eigenvalue weighted by Gasteiger charge is 2.58. The van der Waals surface area contributed by atoms with Gasteiger partial charge in [0.15, 0.2) is 0 Å². The van der Waals surface area contributed by atoms with E-state index in [2.05, 4.69) is 0 Å². The van der Waals surface area contributed by atoms with Crippen molar-refractivity contribution in [3.05, 3.63) is 0 Å². The van der Waals surface area contributed by atoms with Crippen LogP contribution in [0.25, 0.3) is 0 Å². The van der Waals surface area contributed by atoms with Gasteiger partial charge in [-0.3, -0.25) is 0 Å². The molecular formula is C5H9F3O4. The van der Waals surface area contributed by atoms with Crippen LogP contribution in [-0.2, 0) is 0 Å². The van der Waals surface area contributed by atoms with Crippen LogP contribution in [0.15, 0.2) is 0 Å². The fraction of sp³-hybridized carbons (Fsp3) is 1.00. The first kappa shape index (κ1) is 11.6. The smallest absolute Gasteiger partial charge is 0.394 e. The van der Waals surface area contributed by atoms with E-state index in [1.165, 1.54) is 0 Å². The van der Waals surface area contributed by atoms with E-state index in [1.54, 1.807) is 0 Å². The molecule has 0 amide bonds. The molecule has 0 aliphatic heterocycles. The van der Waals surface area contributed by atoms with Gasteiger partial charge in [-0.2, -0.15) is 13.2 Å². The maximum Gasteiger partial charge on any atom is 0.422 e. The fourth-order valence-corrected chi connectivity index (χ4v) is 0.535. The Balaban J connectivity index is 4.67. The lowest BCUT2D eigenvalue weighted by atomic mass is 9.98. The number of hydrogen-bond donors (Lipinski definition) is 4. The second kappa shape index (κ2) is 3.56. The Morgan fingerprint density at radius 3 is 1.67 bits per heavy atom. The molecule has 74 valence electrons. The van der Waals surface area contributed by atoms with Crippen LogP contribution in [0.1, 0.15) is 0 Å². The van der Waals surface area contributed by atoms with Crippen LogP contribution in [0.5, 0.6) is 0 Å². The van der Waals surface area contributed by atoms with Crippen molar-refractivity contribution in [1.82, 2.24) is 0 Å². The van der Waals surface area contributed by atoms with Crippen LogP contribution in [0.4, 0.5) is 13.2 Å². The van der Waals surface area contributed by atoms with Gasteiger partial charge in [-0.15, -0.1) is 0 Å². The van der Waals surface area contributed by atoms with Crippen LogP contribution in [0.2, 0.25) is 0 Å². The molecule has 0 unspecified atom stereocenters. The van der Waals surface area contributed by atoms with E-state index in [9.17, 15) is 13.2 Å². The molecule has 0 heterocycles. The first-order chi connectivity index (χ1) is 5.29. The summed E-state index contributed by atoms with van der Waals surface area (Å²) in [6.07, 6.45) is -7.62. The third-order valence-corrected chi connectivity index (χ3v) is 1.46. The quantitative estimate of drug-likeness (QED) is 0.442. The van der Waals surface area contributed by atoms with Crippen LogP contribution in [0, 0.1) is 0 Å². The van der Waals surface area contributed by atoms with Crippen LogP contribution >= 0.6 is 0 Å².